The average molecular weight is 174 g/mol. The normalized spacial score (nSPS) is 15.0. The van der Waals surface area contributed by atoms with Crippen molar-refractivity contribution in [2.24, 2.45) is 5.73 Å². The van der Waals surface area contributed by atoms with Crippen molar-refractivity contribution >= 4 is 6.09 Å². The zero-order chi connectivity index (χ0) is 9.61. The third kappa shape index (κ3) is 4.96. The Morgan fingerprint density at radius 3 is 2.58 bits per heavy atom. The summed E-state index contributed by atoms with van der Waals surface area (Å²) in [5, 5.41) is 2.53. The van der Waals surface area contributed by atoms with Gasteiger partial charge in [0.25, 0.3) is 0 Å². The summed E-state index contributed by atoms with van der Waals surface area (Å²) in [5.74, 6) is 0. The highest BCUT2D eigenvalue weighted by Gasteiger charge is 2.17. The first kappa shape index (κ1) is 11.2. The number of hydrogen-bond acceptors (Lipinski definition) is 3. The molecule has 3 N–H and O–H groups in total. The molecule has 0 aliphatic rings. The lowest BCUT2D eigenvalue weighted by Crippen LogP contribution is -2.42. The molecular weight excluding hydrogens is 156 g/mol. The van der Waals surface area contributed by atoms with Crippen molar-refractivity contribution < 1.29 is 9.53 Å². The molecule has 1 amide bonds. The number of amides is 1. The molecule has 0 fully saturated rings. The Morgan fingerprint density at radius 2 is 2.17 bits per heavy atom. The van der Waals surface area contributed by atoms with Crippen molar-refractivity contribution in [2.45, 2.75) is 32.7 Å². The zero-order valence-corrected chi connectivity index (χ0v) is 8.02. The fraction of sp³-hybridized carbons (Fsp3) is 0.875. The van der Waals surface area contributed by atoms with Crippen LogP contribution in [0.1, 0.15) is 27.2 Å². The number of carbonyl (C=O) groups is 1. The highest BCUT2D eigenvalue weighted by Crippen LogP contribution is 2.04. The highest BCUT2D eigenvalue weighted by molar-refractivity contribution is 5.67. The lowest BCUT2D eigenvalue weighted by Gasteiger charge is -2.21. The Labute approximate surface area is 73.5 Å². The molecular formula is C8H18N2O2. The second-order valence-corrected chi connectivity index (χ2v) is 3.11. The minimum atomic E-state index is -0.412. The Hall–Kier alpha value is -0.770. The molecule has 0 saturated carbocycles. The summed E-state index contributed by atoms with van der Waals surface area (Å²) >= 11 is 0. The maximum atomic E-state index is 10.8. The molecule has 4 heteroatoms. The number of hydrogen-bond donors (Lipinski definition) is 2. The first-order valence-corrected chi connectivity index (χ1v) is 4.21. The molecule has 0 saturated heterocycles. The van der Waals surface area contributed by atoms with Crippen LogP contribution in [0, 0.1) is 0 Å². The van der Waals surface area contributed by atoms with E-state index in [1.54, 1.807) is 0 Å². The van der Waals surface area contributed by atoms with Gasteiger partial charge in [-0.3, -0.25) is 0 Å². The number of nitrogens with two attached hydrogens (primary N) is 1. The van der Waals surface area contributed by atoms with Crippen LogP contribution in [-0.2, 0) is 4.74 Å². The van der Waals surface area contributed by atoms with E-state index in [1.807, 2.05) is 20.8 Å². The fourth-order valence-electron chi connectivity index (χ4n) is 0.528. The first-order valence-electron chi connectivity index (χ1n) is 4.21. The minimum absolute atomic E-state index is 0.259. The molecule has 72 valence electrons. The third-order valence-electron chi connectivity index (χ3n) is 1.66. The molecule has 0 aliphatic heterocycles. The largest absolute Gasteiger partial charge is 0.448 e. The molecule has 0 aromatic rings. The molecule has 0 aliphatic carbocycles. The van der Waals surface area contributed by atoms with Crippen molar-refractivity contribution in [3.63, 3.8) is 0 Å². The van der Waals surface area contributed by atoms with E-state index in [2.05, 4.69) is 5.32 Å². The zero-order valence-electron chi connectivity index (χ0n) is 8.02. The van der Waals surface area contributed by atoms with Gasteiger partial charge in [-0.2, -0.15) is 0 Å². The number of nitrogens with one attached hydrogen (secondary N) is 1. The molecule has 4 nitrogen and oxygen atoms in total. The summed E-state index contributed by atoms with van der Waals surface area (Å²) in [5.41, 5.74) is 5.34. The first-order chi connectivity index (χ1) is 5.52. The topological polar surface area (TPSA) is 64.3 Å². The van der Waals surface area contributed by atoms with Crippen LogP contribution in [-0.4, -0.2) is 24.8 Å². The Morgan fingerprint density at radius 1 is 1.58 bits per heavy atom. The van der Waals surface area contributed by atoms with E-state index in [-0.39, 0.29) is 6.61 Å². The quantitative estimate of drug-likeness (QED) is 0.664. The monoisotopic (exact) mass is 174 g/mol. The Balaban J connectivity index is 3.60. The molecule has 0 rings (SSSR count). The average Bonchev–Trinajstić information content (AvgIpc) is 2.02. The standard InChI is InChI=1S/C8H18N2O2/c1-4-8(3,9)6-12-7(11)10-5-2/h4-6,9H2,1-3H3,(H,10,11). The SMILES string of the molecule is CCNC(=O)OCC(C)(N)CC. The summed E-state index contributed by atoms with van der Waals surface area (Å²) in [6, 6.07) is 0. The van der Waals surface area contributed by atoms with Crippen molar-refractivity contribution in [3.05, 3.63) is 0 Å². The maximum Gasteiger partial charge on any atom is 0.407 e. The van der Waals surface area contributed by atoms with Crippen molar-refractivity contribution in [3.8, 4) is 0 Å². The molecule has 0 bridgehead atoms. The van der Waals surface area contributed by atoms with Gasteiger partial charge in [0.1, 0.15) is 6.61 Å². The highest BCUT2D eigenvalue weighted by atomic mass is 16.5. The van der Waals surface area contributed by atoms with E-state index in [1.165, 1.54) is 0 Å². The van der Waals surface area contributed by atoms with E-state index in [4.69, 9.17) is 10.5 Å². The van der Waals surface area contributed by atoms with Gasteiger partial charge < -0.3 is 15.8 Å². The maximum absolute atomic E-state index is 10.8. The molecule has 0 aromatic carbocycles. The van der Waals surface area contributed by atoms with Crippen LogP contribution >= 0.6 is 0 Å². The van der Waals surface area contributed by atoms with Crippen LogP contribution in [0.3, 0.4) is 0 Å². The Bertz CT molecular complexity index is 146. The van der Waals surface area contributed by atoms with E-state index < -0.39 is 11.6 Å². The van der Waals surface area contributed by atoms with Gasteiger partial charge in [0.05, 0.1) is 0 Å². The summed E-state index contributed by atoms with van der Waals surface area (Å²) in [6.07, 6.45) is 0.384. The van der Waals surface area contributed by atoms with Gasteiger partial charge in [-0.25, -0.2) is 4.79 Å². The summed E-state index contributed by atoms with van der Waals surface area (Å²) in [6.45, 7) is 6.48. The molecule has 0 spiro atoms. The van der Waals surface area contributed by atoms with Crippen molar-refractivity contribution in [2.75, 3.05) is 13.2 Å². The third-order valence-corrected chi connectivity index (χ3v) is 1.66. The predicted octanol–water partition coefficient (Wildman–Crippen LogP) is 0.860. The number of ether oxygens (including phenoxy) is 1. The van der Waals surface area contributed by atoms with Crippen molar-refractivity contribution in [1.82, 2.24) is 5.32 Å². The molecule has 12 heavy (non-hydrogen) atoms. The van der Waals surface area contributed by atoms with Crippen LogP contribution in [0.15, 0.2) is 0 Å². The fourth-order valence-corrected chi connectivity index (χ4v) is 0.528. The van der Waals surface area contributed by atoms with Gasteiger partial charge in [-0.05, 0) is 20.3 Å². The summed E-state index contributed by atoms with van der Waals surface area (Å²) < 4.78 is 4.86. The van der Waals surface area contributed by atoms with Crippen LogP contribution in [0.5, 0.6) is 0 Å². The van der Waals surface area contributed by atoms with E-state index in [0.717, 1.165) is 6.42 Å². The second-order valence-electron chi connectivity index (χ2n) is 3.11. The second kappa shape index (κ2) is 4.98. The lowest BCUT2D eigenvalue weighted by molar-refractivity contribution is 0.120. The molecule has 0 radical (unpaired) electrons. The van der Waals surface area contributed by atoms with Gasteiger partial charge in [0, 0.05) is 12.1 Å². The van der Waals surface area contributed by atoms with Crippen LogP contribution < -0.4 is 11.1 Å². The van der Waals surface area contributed by atoms with Gasteiger partial charge in [-0.1, -0.05) is 6.92 Å². The number of carbonyl (C=O) groups excluding carboxylic acids is 1. The number of alkyl carbamates (subject to hydrolysis) is 1. The Kier molecular flexibility index (Phi) is 4.66. The van der Waals surface area contributed by atoms with Crippen LogP contribution in [0.4, 0.5) is 4.79 Å². The van der Waals surface area contributed by atoms with Gasteiger partial charge in [0.2, 0.25) is 0 Å². The van der Waals surface area contributed by atoms with Gasteiger partial charge in [0.15, 0.2) is 0 Å². The molecule has 1 unspecified atom stereocenters. The molecule has 0 aromatic heterocycles. The number of rotatable bonds is 4. The molecule has 0 heterocycles. The van der Waals surface area contributed by atoms with Gasteiger partial charge in [-0.15, -0.1) is 0 Å². The van der Waals surface area contributed by atoms with Crippen LogP contribution in [0.25, 0.3) is 0 Å². The summed E-state index contributed by atoms with van der Waals surface area (Å²) in [7, 11) is 0. The van der Waals surface area contributed by atoms with Gasteiger partial charge >= 0.3 is 6.09 Å². The van der Waals surface area contributed by atoms with Crippen LogP contribution in [0.2, 0.25) is 0 Å². The predicted molar refractivity (Wildman–Crippen MR) is 47.9 cm³/mol. The summed E-state index contributed by atoms with van der Waals surface area (Å²) in [4.78, 5) is 10.8. The smallest absolute Gasteiger partial charge is 0.407 e. The molecule has 1 atom stereocenters. The van der Waals surface area contributed by atoms with Crippen molar-refractivity contribution in [1.29, 1.82) is 0 Å². The van der Waals surface area contributed by atoms with E-state index in [9.17, 15) is 4.79 Å². The lowest BCUT2D eigenvalue weighted by atomic mass is 10.0. The minimum Gasteiger partial charge on any atom is -0.448 e. The van der Waals surface area contributed by atoms with E-state index >= 15 is 0 Å². The van der Waals surface area contributed by atoms with E-state index in [0.29, 0.717) is 6.54 Å².